The summed E-state index contributed by atoms with van der Waals surface area (Å²) < 4.78 is 12.9. The van der Waals surface area contributed by atoms with Crippen molar-refractivity contribution in [2.45, 2.75) is 38.6 Å². The van der Waals surface area contributed by atoms with Crippen molar-refractivity contribution in [2.24, 2.45) is 5.92 Å². The highest BCUT2D eigenvalue weighted by Gasteiger charge is 2.16. The second-order valence-corrected chi connectivity index (χ2v) is 8.35. The second kappa shape index (κ2) is 8.46. The van der Waals surface area contributed by atoms with E-state index in [-0.39, 0.29) is 0 Å². The van der Waals surface area contributed by atoms with E-state index in [0.29, 0.717) is 11.5 Å². The second-order valence-electron chi connectivity index (χ2n) is 8.35. The number of benzene rings is 1. The van der Waals surface area contributed by atoms with Gasteiger partial charge in [-0.1, -0.05) is 25.3 Å². The Morgan fingerprint density at radius 3 is 2.61 bits per heavy atom. The summed E-state index contributed by atoms with van der Waals surface area (Å²) in [6.07, 6.45) is 14.8. The number of ether oxygens (including phenoxy) is 2. The van der Waals surface area contributed by atoms with Gasteiger partial charge >= 0.3 is 0 Å². The fourth-order valence-electron chi connectivity index (χ4n) is 4.65. The Kier molecular flexibility index (Phi) is 5.37. The Morgan fingerprint density at radius 1 is 0.968 bits per heavy atom. The quantitative estimate of drug-likeness (QED) is 0.438. The third-order valence-electron chi connectivity index (χ3n) is 6.36. The van der Waals surface area contributed by atoms with E-state index in [9.17, 15) is 0 Å². The van der Waals surface area contributed by atoms with Gasteiger partial charge in [-0.2, -0.15) is 5.10 Å². The maximum Gasteiger partial charge on any atom is 0.161 e. The first-order valence-corrected chi connectivity index (χ1v) is 11.0. The van der Waals surface area contributed by atoms with Crippen LogP contribution in [-0.4, -0.2) is 34.0 Å². The van der Waals surface area contributed by atoms with E-state index in [0.717, 1.165) is 45.7 Å². The van der Waals surface area contributed by atoms with E-state index >= 15 is 0 Å². The number of rotatable bonds is 6. The number of fused-ring (bicyclic) bond motifs is 1. The van der Waals surface area contributed by atoms with Gasteiger partial charge in [-0.15, -0.1) is 0 Å². The molecular weight excluding hydrogens is 388 g/mol. The first kappa shape index (κ1) is 19.7. The molecule has 0 aliphatic heterocycles. The van der Waals surface area contributed by atoms with E-state index in [4.69, 9.17) is 9.47 Å². The Hall–Kier alpha value is -3.28. The van der Waals surface area contributed by atoms with E-state index in [1.807, 2.05) is 36.8 Å². The third kappa shape index (κ3) is 3.90. The lowest BCUT2D eigenvalue weighted by atomic mass is 9.89. The molecule has 1 fully saturated rings. The lowest BCUT2D eigenvalue weighted by molar-refractivity contribution is 0.308. The molecule has 3 aromatic heterocycles. The molecule has 31 heavy (non-hydrogen) atoms. The van der Waals surface area contributed by atoms with Crippen molar-refractivity contribution < 1.29 is 9.47 Å². The fraction of sp³-hybridized carbons (Fsp3) is 0.360. The van der Waals surface area contributed by atoms with Crippen LogP contribution >= 0.6 is 0 Å². The molecule has 0 radical (unpaired) electrons. The lowest BCUT2D eigenvalue weighted by Gasteiger charge is -2.21. The van der Waals surface area contributed by atoms with Gasteiger partial charge in [-0.3, -0.25) is 4.68 Å². The molecule has 0 saturated heterocycles. The van der Waals surface area contributed by atoms with Crippen LogP contribution < -0.4 is 9.47 Å². The van der Waals surface area contributed by atoms with Crippen molar-refractivity contribution in [1.82, 2.24) is 19.7 Å². The van der Waals surface area contributed by atoms with Crippen molar-refractivity contribution in [3.8, 4) is 33.8 Å². The molecule has 1 aromatic carbocycles. The number of aromatic amines is 1. The van der Waals surface area contributed by atoms with Gasteiger partial charge in [0.2, 0.25) is 0 Å². The average molecular weight is 417 g/mol. The highest BCUT2D eigenvalue weighted by atomic mass is 16.5. The number of aromatic nitrogens is 4. The Bertz CT molecular complexity index is 1190. The van der Waals surface area contributed by atoms with E-state index in [1.165, 1.54) is 32.1 Å². The van der Waals surface area contributed by atoms with Gasteiger partial charge in [-0.05, 0) is 42.5 Å². The van der Waals surface area contributed by atoms with Gasteiger partial charge in [0.05, 0.1) is 20.4 Å². The van der Waals surface area contributed by atoms with Crippen molar-refractivity contribution in [3.05, 3.63) is 49.1 Å². The van der Waals surface area contributed by atoms with Crippen molar-refractivity contribution in [3.63, 3.8) is 0 Å². The molecule has 0 bridgehead atoms. The fourth-order valence-corrected chi connectivity index (χ4v) is 4.65. The minimum Gasteiger partial charge on any atom is -0.493 e. The molecule has 1 aliphatic rings. The zero-order chi connectivity index (χ0) is 21.2. The summed E-state index contributed by atoms with van der Waals surface area (Å²) in [6.45, 7) is 1.01. The zero-order valence-corrected chi connectivity index (χ0v) is 18.1. The van der Waals surface area contributed by atoms with Crippen LogP contribution in [0.2, 0.25) is 0 Å². The topological polar surface area (TPSA) is 65.0 Å². The third-order valence-corrected chi connectivity index (χ3v) is 6.36. The molecule has 1 aliphatic carbocycles. The highest BCUT2D eigenvalue weighted by molar-refractivity contribution is 5.95. The molecule has 6 heteroatoms. The van der Waals surface area contributed by atoms with Gasteiger partial charge < -0.3 is 14.5 Å². The van der Waals surface area contributed by atoms with Crippen LogP contribution in [0.25, 0.3) is 33.3 Å². The predicted octanol–water partition coefficient (Wildman–Crippen LogP) is 5.69. The summed E-state index contributed by atoms with van der Waals surface area (Å²) in [5.41, 5.74) is 5.18. The summed E-state index contributed by atoms with van der Waals surface area (Å²) in [5, 5.41) is 5.73. The summed E-state index contributed by atoms with van der Waals surface area (Å²) in [4.78, 5) is 7.95. The molecule has 6 nitrogen and oxygen atoms in total. The molecule has 0 atom stereocenters. The number of H-pyrrole nitrogens is 1. The summed E-state index contributed by atoms with van der Waals surface area (Å²) in [5.74, 6) is 2.18. The average Bonchev–Trinajstić information content (AvgIpc) is 3.45. The van der Waals surface area contributed by atoms with Crippen LogP contribution in [0.15, 0.2) is 49.1 Å². The number of hydrogen-bond donors (Lipinski definition) is 1. The molecule has 1 N–H and O–H groups in total. The summed E-state index contributed by atoms with van der Waals surface area (Å²) in [7, 11) is 3.30. The van der Waals surface area contributed by atoms with Crippen molar-refractivity contribution >= 4 is 11.0 Å². The Labute approximate surface area is 182 Å². The standard InChI is InChI=1S/C25H28N4O2/c1-30-23-9-8-18(11-24(23)31-2)19-10-21-22(14-27-25(21)26-12-19)20-13-28-29(16-20)15-17-6-4-3-5-7-17/h8-14,16-17H,3-7,15H2,1-2H3,(H,26,27). The maximum atomic E-state index is 5.47. The minimum absolute atomic E-state index is 0.707. The van der Waals surface area contributed by atoms with Crippen LogP contribution in [-0.2, 0) is 6.54 Å². The van der Waals surface area contributed by atoms with E-state index in [2.05, 4.69) is 32.0 Å². The van der Waals surface area contributed by atoms with Crippen LogP contribution in [0.4, 0.5) is 0 Å². The number of pyridine rings is 1. The zero-order valence-electron chi connectivity index (χ0n) is 18.1. The van der Waals surface area contributed by atoms with Gasteiger partial charge in [-0.25, -0.2) is 4.98 Å². The molecule has 160 valence electrons. The first-order chi connectivity index (χ1) is 15.2. The summed E-state index contributed by atoms with van der Waals surface area (Å²) in [6, 6.07) is 8.11. The molecule has 0 amide bonds. The molecule has 5 rings (SSSR count). The largest absolute Gasteiger partial charge is 0.493 e. The van der Waals surface area contributed by atoms with Crippen molar-refractivity contribution in [2.75, 3.05) is 14.2 Å². The SMILES string of the molecule is COc1ccc(-c2cnc3[nH]cc(-c4cnn(CC5CCCCC5)c4)c3c2)cc1OC. The molecule has 1 saturated carbocycles. The highest BCUT2D eigenvalue weighted by Crippen LogP contribution is 2.35. The number of methoxy groups -OCH3 is 2. The van der Waals surface area contributed by atoms with Crippen LogP contribution in [0.1, 0.15) is 32.1 Å². The number of nitrogens with one attached hydrogen (secondary N) is 1. The summed E-state index contributed by atoms with van der Waals surface area (Å²) >= 11 is 0. The molecule has 0 spiro atoms. The molecule has 0 unspecified atom stereocenters. The van der Waals surface area contributed by atoms with Crippen molar-refractivity contribution in [1.29, 1.82) is 0 Å². The first-order valence-electron chi connectivity index (χ1n) is 11.0. The van der Waals surface area contributed by atoms with Gasteiger partial charge in [0.25, 0.3) is 0 Å². The van der Waals surface area contributed by atoms with Crippen LogP contribution in [0.3, 0.4) is 0 Å². The Balaban J connectivity index is 1.46. The van der Waals surface area contributed by atoms with Gasteiger partial charge in [0.1, 0.15) is 5.65 Å². The monoisotopic (exact) mass is 416 g/mol. The van der Waals surface area contributed by atoms with Gasteiger partial charge in [0, 0.05) is 47.2 Å². The molecule has 3 heterocycles. The minimum atomic E-state index is 0.707. The number of nitrogens with zero attached hydrogens (tertiary/aromatic N) is 3. The maximum absolute atomic E-state index is 5.47. The number of hydrogen-bond acceptors (Lipinski definition) is 4. The normalized spacial score (nSPS) is 14.8. The Morgan fingerprint density at radius 2 is 1.81 bits per heavy atom. The van der Waals surface area contributed by atoms with E-state index in [1.54, 1.807) is 14.2 Å². The van der Waals surface area contributed by atoms with E-state index < -0.39 is 0 Å². The van der Waals surface area contributed by atoms with Crippen LogP contribution in [0, 0.1) is 5.92 Å². The van der Waals surface area contributed by atoms with Crippen LogP contribution in [0.5, 0.6) is 11.5 Å². The molecule has 4 aromatic rings. The predicted molar refractivity (Wildman–Crippen MR) is 122 cm³/mol. The lowest BCUT2D eigenvalue weighted by Crippen LogP contribution is -2.14. The molecular formula is C25H28N4O2. The van der Waals surface area contributed by atoms with Gasteiger partial charge in [0.15, 0.2) is 11.5 Å². The smallest absolute Gasteiger partial charge is 0.161 e.